The molecule has 0 aliphatic carbocycles. The molecule has 0 radical (unpaired) electrons. The summed E-state index contributed by atoms with van der Waals surface area (Å²) >= 11 is 0. The highest BCUT2D eigenvalue weighted by molar-refractivity contribution is 7.89. The number of anilines is 1. The largest absolute Gasteiger partial charge is 0.398 e. The van der Waals surface area contributed by atoms with Gasteiger partial charge in [-0.1, -0.05) is 18.2 Å². The van der Waals surface area contributed by atoms with Gasteiger partial charge in [0.25, 0.3) is 0 Å². The molecule has 0 aliphatic heterocycles. The van der Waals surface area contributed by atoms with E-state index in [0.29, 0.717) is 16.8 Å². The maximum Gasteiger partial charge on any atom is 0.240 e. The third-order valence-electron chi connectivity index (χ3n) is 2.80. The van der Waals surface area contributed by atoms with Crippen LogP contribution in [0.3, 0.4) is 0 Å². The van der Waals surface area contributed by atoms with Gasteiger partial charge in [0.05, 0.1) is 16.5 Å². The number of nitrogens with zero attached hydrogens (tertiary/aromatic N) is 1. The minimum Gasteiger partial charge on any atom is -0.398 e. The van der Waals surface area contributed by atoms with Crippen LogP contribution in [0.15, 0.2) is 53.4 Å². The SMILES string of the molecule is N#Cc1ccc(S(=O)(=O)NCc2ccccc2N)cc1. The van der Waals surface area contributed by atoms with Crippen molar-refractivity contribution in [2.75, 3.05) is 5.73 Å². The van der Waals surface area contributed by atoms with Gasteiger partial charge in [-0.15, -0.1) is 0 Å². The Balaban J connectivity index is 2.15. The fourth-order valence-electron chi connectivity index (χ4n) is 1.66. The molecule has 0 saturated heterocycles. The van der Waals surface area contributed by atoms with Crippen LogP contribution in [0.4, 0.5) is 5.69 Å². The molecule has 5 nitrogen and oxygen atoms in total. The van der Waals surface area contributed by atoms with Crippen molar-refractivity contribution < 1.29 is 8.42 Å². The van der Waals surface area contributed by atoms with Gasteiger partial charge in [-0.25, -0.2) is 13.1 Å². The Kier molecular flexibility index (Phi) is 4.03. The fourth-order valence-corrected chi connectivity index (χ4v) is 2.67. The third kappa shape index (κ3) is 3.15. The Morgan fingerprint density at radius 1 is 1.10 bits per heavy atom. The number of nitrogens with two attached hydrogens (primary N) is 1. The molecule has 0 fully saturated rings. The van der Waals surface area contributed by atoms with Gasteiger partial charge in [0, 0.05) is 12.2 Å². The minimum atomic E-state index is -3.62. The third-order valence-corrected chi connectivity index (χ3v) is 4.22. The number of nitriles is 1. The summed E-state index contributed by atoms with van der Waals surface area (Å²) < 4.78 is 26.6. The molecule has 0 saturated carbocycles. The van der Waals surface area contributed by atoms with E-state index in [1.165, 1.54) is 24.3 Å². The second-order valence-corrected chi connectivity index (χ2v) is 5.93. The molecule has 0 heterocycles. The van der Waals surface area contributed by atoms with E-state index in [-0.39, 0.29) is 11.4 Å². The summed E-state index contributed by atoms with van der Waals surface area (Å²) in [5.41, 5.74) is 7.42. The monoisotopic (exact) mass is 287 g/mol. The number of nitrogen functional groups attached to an aromatic ring is 1. The van der Waals surface area contributed by atoms with E-state index in [1.54, 1.807) is 24.3 Å². The van der Waals surface area contributed by atoms with Gasteiger partial charge in [0.2, 0.25) is 10.0 Å². The highest BCUT2D eigenvalue weighted by atomic mass is 32.2. The van der Waals surface area contributed by atoms with Crippen molar-refractivity contribution in [3.05, 3.63) is 59.7 Å². The maximum atomic E-state index is 12.1. The number of nitrogens with one attached hydrogen (secondary N) is 1. The average Bonchev–Trinajstić information content (AvgIpc) is 2.46. The molecule has 0 atom stereocenters. The average molecular weight is 287 g/mol. The van der Waals surface area contributed by atoms with Crippen molar-refractivity contribution in [2.24, 2.45) is 0 Å². The zero-order valence-electron chi connectivity index (χ0n) is 10.6. The first-order valence-corrected chi connectivity index (χ1v) is 7.34. The minimum absolute atomic E-state index is 0.117. The zero-order valence-corrected chi connectivity index (χ0v) is 11.4. The Hall–Kier alpha value is -2.36. The highest BCUT2D eigenvalue weighted by Crippen LogP contribution is 2.13. The second kappa shape index (κ2) is 5.74. The number of rotatable bonds is 4. The first kappa shape index (κ1) is 14.1. The molecule has 2 aromatic rings. The Labute approximate surface area is 117 Å². The van der Waals surface area contributed by atoms with Crippen LogP contribution in [-0.2, 0) is 16.6 Å². The number of para-hydroxylation sites is 1. The van der Waals surface area contributed by atoms with E-state index in [2.05, 4.69) is 4.72 Å². The lowest BCUT2D eigenvalue weighted by Crippen LogP contribution is -2.23. The molecule has 0 aromatic heterocycles. The predicted octanol–water partition coefficient (Wildman–Crippen LogP) is 1.62. The van der Waals surface area contributed by atoms with E-state index < -0.39 is 10.0 Å². The molecular formula is C14H13N3O2S. The van der Waals surface area contributed by atoms with Gasteiger partial charge < -0.3 is 5.73 Å². The van der Waals surface area contributed by atoms with Crippen LogP contribution in [0, 0.1) is 11.3 Å². The topological polar surface area (TPSA) is 96.0 Å². The van der Waals surface area contributed by atoms with Gasteiger partial charge >= 0.3 is 0 Å². The van der Waals surface area contributed by atoms with Crippen molar-refractivity contribution in [1.82, 2.24) is 4.72 Å². The number of hydrogen-bond acceptors (Lipinski definition) is 4. The fraction of sp³-hybridized carbons (Fsp3) is 0.0714. The molecule has 2 rings (SSSR count). The quantitative estimate of drug-likeness (QED) is 0.835. The van der Waals surface area contributed by atoms with Crippen LogP contribution >= 0.6 is 0 Å². The maximum absolute atomic E-state index is 12.1. The van der Waals surface area contributed by atoms with Gasteiger partial charge in [-0.3, -0.25) is 0 Å². The molecule has 0 spiro atoms. The lowest BCUT2D eigenvalue weighted by Gasteiger charge is -2.08. The molecule has 20 heavy (non-hydrogen) atoms. The first-order chi connectivity index (χ1) is 9.53. The molecular weight excluding hydrogens is 274 g/mol. The summed E-state index contributed by atoms with van der Waals surface area (Å²) in [4.78, 5) is 0.117. The summed E-state index contributed by atoms with van der Waals surface area (Å²) in [5.74, 6) is 0. The molecule has 0 bridgehead atoms. The predicted molar refractivity (Wildman–Crippen MR) is 76.0 cm³/mol. The van der Waals surface area contributed by atoms with Crippen molar-refractivity contribution in [1.29, 1.82) is 5.26 Å². The molecule has 6 heteroatoms. The van der Waals surface area contributed by atoms with Crippen LogP contribution in [0.25, 0.3) is 0 Å². The summed E-state index contributed by atoms with van der Waals surface area (Å²) in [6.45, 7) is 0.120. The molecule has 0 amide bonds. The second-order valence-electron chi connectivity index (χ2n) is 4.16. The molecule has 0 aliphatic rings. The van der Waals surface area contributed by atoms with Gasteiger partial charge in [-0.05, 0) is 35.9 Å². The van der Waals surface area contributed by atoms with E-state index in [1.807, 2.05) is 6.07 Å². The first-order valence-electron chi connectivity index (χ1n) is 5.86. The highest BCUT2D eigenvalue weighted by Gasteiger charge is 2.13. The van der Waals surface area contributed by atoms with Crippen LogP contribution in [-0.4, -0.2) is 8.42 Å². The number of sulfonamides is 1. The molecule has 0 unspecified atom stereocenters. The van der Waals surface area contributed by atoms with Crippen LogP contribution in [0.5, 0.6) is 0 Å². The van der Waals surface area contributed by atoms with Crippen molar-refractivity contribution >= 4 is 15.7 Å². The zero-order chi connectivity index (χ0) is 14.6. The summed E-state index contributed by atoms with van der Waals surface area (Å²) in [6, 6.07) is 14.7. The number of hydrogen-bond donors (Lipinski definition) is 2. The summed E-state index contributed by atoms with van der Waals surface area (Å²) in [7, 11) is -3.62. The lowest BCUT2D eigenvalue weighted by molar-refractivity contribution is 0.581. The smallest absolute Gasteiger partial charge is 0.240 e. The Morgan fingerprint density at radius 2 is 1.75 bits per heavy atom. The van der Waals surface area contributed by atoms with Crippen LogP contribution in [0.2, 0.25) is 0 Å². The van der Waals surface area contributed by atoms with Crippen LogP contribution < -0.4 is 10.5 Å². The number of benzene rings is 2. The van der Waals surface area contributed by atoms with Gasteiger partial charge in [0.15, 0.2) is 0 Å². The van der Waals surface area contributed by atoms with E-state index >= 15 is 0 Å². The van der Waals surface area contributed by atoms with Crippen molar-refractivity contribution in [3.63, 3.8) is 0 Å². The summed E-state index contributed by atoms with van der Waals surface area (Å²) in [5, 5.41) is 8.68. The van der Waals surface area contributed by atoms with Crippen LogP contribution in [0.1, 0.15) is 11.1 Å². The molecule has 3 N–H and O–H groups in total. The standard InChI is InChI=1S/C14H13N3O2S/c15-9-11-5-7-13(8-6-11)20(18,19)17-10-12-3-1-2-4-14(12)16/h1-8,17H,10,16H2. The van der Waals surface area contributed by atoms with Crippen molar-refractivity contribution in [2.45, 2.75) is 11.4 Å². The Morgan fingerprint density at radius 3 is 2.35 bits per heavy atom. The summed E-state index contributed by atoms with van der Waals surface area (Å²) in [6.07, 6.45) is 0. The lowest BCUT2D eigenvalue weighted by atomic mass is 10.2. The molecule has 2 aromatic carbocycles. The normalized spacial score (nSPS) is 10.9. The van der Waals surface area contributed by atoms with E-state index in [0.717, 1.165) is 0 Å². The Bertz CT molecular complexity index is 747. The molecule has 102 valence electrons. The van der Waals surface area contributed by atoms with E-state index in [9.17, 15) is 8.42 Å². The van der Waals surface area contributed by atoms with E-state index in [4.69, 9.17) is 11.0 Å². The van der Waals surface area contributed by atoms with Crippen molar-refractivity contribution in [3.8, 4) is 6.07 Å². The van der Waals surface area contributed by atoms with Gasteiger partial charge in [0.1, 0.15) is 0 Å². The van der Waals surface area contributed by atoms with Gasteiger partial charge in [-0.2, -0.15) is 5.26 Å².